The second kappa shape index (κ2) is 6.33. The highest BCUT2D eigenvalue weighted by molar-refractivity contribution is 6.30. The first-order valence-corrected chi connectivity index (χ1v) is 5.61. The summed E-state index contributed by atoms with van der Waals surface area (Å²) in [5.41, 5.74) is 1.59. The molecule has 0 saturated heterocycles. The highest BCUT2D eigenvalue weighted by Gasteiger charge is 2.01. The van der Waals surface area contributed by atoms with Gasteiger partial charge in [-0.25, -0.2) is 4.99 Å². The number of aliphatic imine (C=N–C) groups is 1. The summed E-state index contributed by atoms with van der Waals surface area (Å²) >= 11 is 5.90. The van der Waals surface area contributed by atoms with E-state index in [0.717, 1.165) is 18.4 Å². The van der Waals surface area contributed by atoms with Crippen LogP contribution in [0.2, 0.25) is 5.02 Å². The summed E-state index contributed by atoms with van der Waals surface area (Å²) in [6, 6.07) is 7.47. The highest BCUT2D eigenvalue weighted by Crippen LogP contribution is 2.18. The van der Waals surface area contributed by atoms with Gasteiger partial charge in [-0.05, 0) is 18.6 Å². The molecule has 0 aliphatic heterocycles. The number of ether oxygens (including phenoxy) is 1. The first kappa shape index (κ1) is 12.8. The minimum atomic E-state index is 0.674. The van der Waals surface area contributed by atoms with Crippen LogP contribution in [-0.4, -0.2) is 13.0 Å². The molecule has 2 nitrogen and oxygen atoms in total. The van der Waals surface area contributed by atoms with Crippen LogP contribution in [0.15, 0.2) is 35.8 Å². The fourth-order valence-corrected chi connectivity index (χ4v) is 1.49. The van der Waals surface area contributed by atoms with E-state index in [2.05, 4.69) is 18.5 Å². The Morgan fingerprint density at radius 2 is 2.25 bits per heavy atom. The molecule has 0 radical (unpaired) electrons. The molecule has 1 rings (SSSR count). The molecular weight excluding hydrogens is 222 g/mol. The van der Waals surface area contributed by atoms with Crippen LogP contribution in [0.25, 0.3) is 5.70 Å². The molecule has 0 unspecified atom stereocenters. The molecule has 86 valence electrons. The van der Waals surface area contributed by atoms with Crippen molar-refractivity contribution in [3.05, 3.63) is 41.4 Å². The predicted octanol–water partition coefficient (Wildman–Crippen LogP) is 4.16. The van der Waals surface area contributed by atoms with Gasteiger partial charge in [-0.2, -0.15) is 0 Å². The molecule has 0 aliphatic carbocycles. The van der Waals surface area contributed by atoms with E-state index in [1.54, 1.807) is 7.11 Å². The monoisotopic (exact) mass is 237 g/mol. The first-order chi connectivity index (χ1) is 7.67. The molecule has 0 heterocycles. The maximum Gasteiger partial charge on any atom is 0.188 e. The first-order valence-electron chi connectivity index (χ1n) is 5.23. The third-order valence-corrected chi connectivity index (χ3v) is 2.35. The Labute approximate surface area is 102 Å². The van der Waals surface area contributed by atoms with Crippen molar-refractivity contribution in [1.29, 1.82) is 0 Å². The Morgan fingerprint density at radius 1 is 1.50 bits per heavy atom. The standard InChI is InChI=1S/C13H16ClNO/c1-4-6-13(16-3)15-10(2)11-7-5-8-12(14)9-11/h5,7-9H,2,4,6H2,1,3H3. The van der Waals surface area contributed by atoms with Gasteiger partial charge in [0, 0.05) is 17.0 Å². The number of benzene rings is 1. The van der Waals surface area contributed by atoms with E-state index in [-0.39, 0.29) is 0 Å². The van der Waals surface area contributed by atoms with Crippen LogP contribution < -0.4 is 0 Å². The summed E-state index contributed by atoms with van der Waals surface area (Å²) in [7, 11) is 1.62. The summed E-state index contributed by atoms with van der Waals surface area (Å²) in [6.45, 7) is 5.99. The van der Waals surface area contributed by atoms with Crippen LogP contribution in [0.5, 0.6) is 0 Å². The van der Waals surface area contributed by atoms with E-state index in [1.807, 2.05) is 24.3 Å². The molecule has 1 aromatic carbocycles. The van der Waals surface area contributed by atoms with Gasteiger partial charge in [0.2, 0.25) is 0 Å². The van der Waals surface area contributed by atoms with E-state index < -0.39 is 0 Å². The van der Waals surface area contributed by atoms with E-state index in [1.165, 1.54) is 0 Å². The van der Waals surface area contributed by atoms with Gasteiger partial charge < -0.3 is 4.74 Å². The number of halogens is 1. The number of nitrogens with zero attached hydrogens (tertiary/aromatic N) is 1. The summed E-state index contributed by atoms with van der Waals surface area (Å²) < 4.78 is 5.17. The Hall–Kier alpha value is -1.28. The van der Waals surface area contributed by atoms with E-state index in [0.29, 0.717) is 16.6 Å². The average Bonchev–Trinajstić information content (AvgIpc) is 2.28. The molecule has 16 heavy (non-hydrogen) atoms. The van der Waals surface area contributed by atoms with Gasteiger partial charge in [0.15, 0.2) is 5.90 Å². The van der Waals surface area contributed by atoms with Gasteiger partial charge in [-0.3, -0.25) is 0 Å². The number of rotatable bonds is 4. The van der Waals surface area contributed by atoms with Crippen molar-refractivity contribution in [3.63, 3.8) is 0 Å². The van der Waals surface area contributed by atoms with Gasteiger partial charge in [-0.1, -0.05) is 37.2 Å². The molecule has 1 aromatic rings. The van der Waals surface area contributed by atoms with Crippen LogP contribution in [0.1, 0.15) is 25.3 Å². The van der Waals surface area contributed by atoms with Crippen LogP contribution in [0, 0.1) is 0 Å². The Balaban J connectivity index is 2.85. The predicted molar refractivity (Wildman–Crippen MR) is 69.8 cm³/mol. The number of hydrogen-bond acceptors (Lipinski definition) is 2. The van der Waals surface area contributed by atoms with Crippen LogP contribution >= 0.6 is 11.6 Å². The fourth-order valence-electron chi connectivity index (χ4n) is 1.30. The lowest BCUT2D eigenvalue weighted by Gasteiger charge is -2.05. The van der Waals surface area contributed by atoms with Gasteiger partial charge in [0.1, 0.15) is 0 Å². The van der Waals surface area contributed by atoms with Crippen LogP contribution in [-0.2, 0) is 4.74 Å². The molecule has 0 aliphatic rings. The van der Waals surface area contributed by atoms with E-state index in [4.69, 9.17) is 16.3 Å². The van der Waals surface area contributed by atoms with Crippen molar-refractivity contribution >= 4 is 23.2 Å². The smallest absolute Gasteiger partial charge is 0.188 e. The zero-order chi connectivity index (χ0) is 12.0. The van der Waals surface area contributed by atoms with Crippen molar-refractivity contribution in [3.8, 4) is 0 Å². The fraction of sp³-hybridized carbons (Fsp3) is 0.308. The van der Waals surface area contributed by atoms with Gasteiger partial charge in [-0.15, -0.1) is 0 Å². The highest BCUT2D eigenvalue weighted by atomic mass is 35.5. The van der Waals surface area contributed by atoms with Crippen molar-refractivity contribution in [2.45, 2.75) is 19.8 Å². The van der Waals surface area contributed by atoms with Crippen molar-refractivity contribution in [1.82, 2.24) is 0 Å². The summed E-state index contributed by atoms with van der Waals surface area (Å²) in [6.07, 6.45) is 1.81. The van der Waals surface area contributed by atoms with Gasteiger partial charge >= 0.3 is 0 Å². The SMILES string of the molecule is C=C(N=C(CCC)OC)c1cccc(Cl)c1. The minimum Gasteiger partial charge on any atom is -0.484 e. The molecule has 0 N–H and O–H groups in total. The number of hydrogen-bond donors (Lipinski definition) is 0. The molecule has 0 aromatic heterocycles. The molecule has 0 bridgehead atoms. The lowest BCUT2D eigenvalue weighted by atomic mass is 10.2. The number of methoxy groups -OCH3 is 1. The summed E-state index contributed by atoms with van der Waals surface area (Å²) in [5.74, 6) is 0.701. The Bertz CT molecular complexity index is 399. The summed E-state index contributed by atoms with van der Waals surface area (Å²) in [5, 5.41) is 0.684. The van der Waals surface area contributed by atoms with E-state index >= 15 is 0 Å². The lowest BCUT2D eigenvalue weighted by molar-refractivity contribution is 0.390. The maximum atomic E-state index is 5.90. The molecule has 0 atom stereocenters. The minimum absolute atomic E-state index is 0.674. The topological polar surface area (TPSA) is 21.6 Å². The largest absolute Gasteiger partial charge is 0.484 e. The zero-order valence-corrected chi connectivity index (χ0v) is 10.4. The molecule has 0 spiro atoms. The Morgan fingerprint density at radius 3 is 2.81 bits per heavy atom. The second-order valence-electron chi connectivity index (χ2n) is 3.42. The second-order valence-corrected chi connectivity index (χ2v) is 3.85. The lowest BCUT2D eigenvalue weighted by Crippen LogP contribution is -2.00. The third-order valence-electron chi connectivity index (χ3n) is 2.12. The van der Waals surface area contributed by atoms with Crippen molar-refractivity contribution in [2.24, 2.45) is 4.99 Å². The van der Waals surface area contributed by atoms with Crippen molar-refractivity contribution in [2.75, 3.05) is 7.11 Å². The molecule has 3 heteroatoms. The van der Waals surface area contributed by atoms with E-state index in [9.17, 15) is 0 Å². The van der Waals surface area contributed by atoms with Crippen molar-refractivity contribution < 1.29 is 4.74 Å². The quantitative estimate of drug-likeness (QED) is 0.569. The maximum absolute atomic E-state index is 5.90. The molecule has 0 amide bonds. The molecule has 0 fully saturated rings. The van der Waals surface area contributed by atoms with Crippen LogP contribution in [0.3, 0.4) is 0 Å². The average molecular weight is 238 g/mol. The third kappa shape index (κ3) is 3.70. The van der Waals surface area contributed by atoms with Crippen LogP contribution in [0.4, 0.5) is 0 Å². The normalized spacial score (nSPS) is 11.3. The zero-order valence-electron chi connectivity index (χ0n) is 9.66. The molecular formula is C13H16ClNO. The Kier molecular flexibility index (Phi) is 5.06. The molecule has 0 saturated carbocycles. The summed E-state index contributed by atoms with van der Waals surface area (Å²) in [4.78, 5) is 4.34. The van der Waals surface area contributed by atoms with Gasteiger partial charge in [0.05, 0.1) is 12.8 Å². The van der Waals surface area contributed by atoms with Gasteiger partial charge in [0.25, 0.3) is 0 Å².